The predicted molar refractivity (Wildman–Crippen MR) is 53.8 cm³/mol. The third-order valence-electron chi connectivity index (χ3n) is 2.01. The summed E-state index contributed by atoms with van der Waals surface area (Å²) in [6, 6.07) is 2.69. The van der Waals surface area contributed by atoms with E-state index in [1.165, 1.54) is 0 Å². The van der Waals surface area contributed by atoms with Crippen LogP contribution < -0.4 is 5.73 Å². The van der Waals surface area contributed by atoms with Crippen molar-refractivity contribution < 1.29 is 8.78 Å². The van der Waals surface area contributed by atoms with Gasteiger partial charge in [0.1, 0.15) is 0 Å². The molecule has 2 N–H and O–H groups in total. The Labute approximate surface area is 82.2 Å². The third kappa shape index (κ3) is 2.39. The van der Waals surface area contributed by atoms with Crippen LogP contribution >= 0.6 is 0 Å². The van der Waals surface area contributed by atoms with Gasteiger partial charge in [-0.25, -0.2) is 8.78 Å². The zero-order valence-electron chi connectivity index (χ0n) is 8.06. The van der Waals surface area contributed by atoms with Crippen LogP contribution in [-0.4, -0.2) is 6.54 Å². The first-order valence-corrected chi connectivity index (χ1v) is 4.48. The summed E-state index contributed by atoms with van der Waals surface area (Å²) in [7, 11) is 0. The highest BCUT2D eigenvalue weighted by Crippen LogP contribution is 2.17. The van der Waals surface area contributed by atoms with Gasteiger partial charge in [0.05, 0.1) is 0 Å². The number of halogens is 2. The van der Waals surface area contributed by atoms with Gasteiger partial charge in [-0.3, -0.25) is 0 Å². The molecule has 14 heavy (non-hydrogen) atoms. The summed E-state index contributed by atoms with van der Waals surface area (Å²) in [4.78, 5) is 0. The number of benzene rings is 1. The van der Waals surface area contributed by atoms with Crippen LogP contribution in [0, 0.1) is 18.6 Å². The fraction of sp³-hybridized carbons (Fsp3) is 0.273. The van der Waals surface area contributed by atoms with Crippen LogP contribution in [0.15, 0.2) is 18.2 Å². The minimum atomic E-state index is -0.807. The molecule has 0 bridgehead atoms. The Kier molecular flexibility index (Phi) is 3.77. The van der Waals surface area contributed by atoms with Crippen LogP contribution in [0.25, 0.3) is 6.08 Å². The van der Waals surface area contributed by atoms with Crippen LogP contribution in [0.3, 0.4) is 0 Å². The van der Waals surface area contributed by atoms with Gasteiger partial charge in [0.2, 0.25) is 0 Å². The van der Waals surface area contributed by atoms with E-state index in [0.717, 1.165) is 12.5 Å². The molecule has 0 heterocycles. The van der Waals surface area contributed by atoms with Crippen molar-refractivity contribution in [3.8, 4) is 0 Å². The highest BCUT2D eigenvalue weighted by Gasteiger charge is 2.06. The van der Waals surface area contributed by atoms with Crippen LogP contribution in [0.2, 0.25) is 0 Å². The lowest BCUT2D eigenvalue weighted by atomic mass is 10.1. The molecule has 1 aromatic rings. The van der Waals surface area contributed by atoms with Crippen molar-refractivity contribution >= 4 is 6.08 Å². The van der Waals surface area contributed by atoms with E-state index in [0.29, 0.717) is 17.7 Å². The second-order valence-corrected chi connectivity index (χ2v) is 3.06. The Balaban J connectivity index is 2.94. The van der Waals surface area contributed by atoms with Crippen LogP contribution in [0.4, 0.5) is 8.78 Å². The predicted octanol–water partition coefficient (Wildman–Crippen LogP) is 2.64. The van der Waals surface area contributed by atoms with Gasteiger partial charge in [-0.1, -0.05) is 18.2 Å². The van der Waals surface area contributed by atoms with Crippen molar-refractivity contribution in [2.75, 3.05) is 6.54 Å². The topological polar surface area (TPSA) is 26.0 Å². The Hall–Kier alpha value is -1.22. The number of hydrogen-bond donors (Lipinski definition) is 1. The van der Waals surface area contributed by atoms with Crippen LogP contribution in [0.1, 0.15) is 17.5 Å². The molecular weight excluding hydrogens is 184 g/mol. The minimum Gasteiger partial charge on any atom is -0.330 e. The van der Waals surface area contributed by atoms with Gasteiger partial charge in [0, 0.05) is 0 Å². The van der Waals surface area contributed by atoms with Gasteiger partial charge in [-0.15, -0.1) is 0 Å². The molecule has 0 aliphatic heterocycles. The Bertz CT molecular complexity index is 345. The van der Waals surface area contributed by atoms with Gasteiger partial charge in [0.15, 0.2) is 11.6 Å². The molecule has 1 nitrogen and oxygen atoms in total. The number of hydrogen-bond acceptors (Lipinski definition) is 1. The molecular formula is C11H13F2N. The monoisotopic (exact) mass is 197 g/mol. The third-order valence-corrected chi connectivity index (χ3v) is 2.01. The molecule has 0 saturated heterocycles. The maximum Gasteiger partial charge on any atom is 0.162 e. The SMILES string of the molecule is Cc1c(C=CCCN)ccc(F)c1F. The summed E-state index contributed by atoms with van der Waals surface area (Å²) in [6.07, 6.45) is 4.34. The molecule has 1 rings (SSSR count). The van der Waals surface area contributed by atoms with Crippen molar-refractivity contribution in [1.82, 2.24) is 0 Å². The number of nitrogens with two attached hydrogens (primary N) is 1. The Morgan fingerprint density at radius 1 is 1.36 bits per heavy atom. The molecule has 0 aliphatic carbocycles. The maximum atomic E-state index is 13.1. The lowest BCUT2D eigenvalue weighted by Crippen LogP contribution is -1.95. The summed E-state index contributed by atoms with van der Waals surface area (Å²) in [5.74, 6) is -1.58. The largest absolute Gasteiger partial charge is 0.330 e. The quantitative estimate of drug-likeness (QED) is 0.792. The smallest absolute Gasteiger partial charge is 0.162 e. The number of rotatable bonds is 3. The van der Waals surface area contributed by atoms with Gasteiger partial charge in [-0.2, -0.15) is 0 Å². The first-order chi connectivity index (χ1) is 6.66. The summed E-state index contributed by atoms with van der Waals surface area (Å²) in [5.41, 5.74) is 6.32. The standard InChI is InChI=1S/C11H13F2N/c1-8-9(4-2-3-7-14)5-6-10(12)11(8)13/h2,4-6H,3,7,14H2,1H3. The van der Waals surface area contributed by atoms with E-state index >= 15 is 0 Å². The Morgan fingerprint density at radius 3 is 2.71 bits per heavy atom. The lowest BCUT2D eigenvalue weighted by molar-refractivity contribution is 0.503. The second-order valence-electron chi connectivity index (χ2n) is 3.06. The summed E-state index contributed by atoms with van der Waals surface area (Å²) < 4.78 is 25.8. The van der Waals surface area contributed by atoms with E-state index in [1.54, 1.807) is 19.1 Å². The van der Waals surface area contributed by atoms with Gasteiger partial charge in [0.25, 0.3) is 0 Å². The molecule has 0 aromatic heterocycles. The Morgan fingerprint density at radius 2 is 2.07 bits per heavy atom. The van der Waals surface area contributed by atoms with Crippen LogP contribution in [-0.2, 0) is 0 Å². The molecule has 0 spiro atoms. The van der Waals surface area contributed by atoms with E-state index in [2.05, 4.69) is 0 Å². The average Bonchev–Trinajstić information content (AvgIpc) is 2.18. The van der Waals surface area contributed by atoms with Crippen molar-refractivity contribution in [3.05, 3.63) is 41.0 Å². The van der Waals surface area contributed by atoms with Gasteiger partial charge < -0.3 is 5.73 Å². The molecule has 0 amide bonds. The summed E-state index contributed by atoms with van der Waals surface area (Å²) in [6.45, 7) is 2.11. The summed E-state index contributed by atoms with van der Waals surface area (Å²) in [5, 5.41) is 0. The van der Waals surface area contributed by atoms with E-state index in [1.807, 2.05) is 6.08 Å². The van der Waals surface area contributed by atoms with E-state index in [4.69, 9.17) is 5.73 Å². The molecule has 76 valence electrons. The second kappa shape index (κ2) is 4.86. The van der Waals surface area contributed by atoms with E-state index in [-0.39, 0.29) is 0 Å². The fourth-order valence-corrected chi connectivity index (χ4v) is 1.15. The highest BCUT2D eigenvalue weighted by atomic mass is 19.2. The normalized spacial score (nSPS) is 11.1. The van der Waals surface area contributed by atoms with Crippen molar-refractivity contribution in [1.29, 1.82) is 0 Å². The first-order valence-electron chi connectivity index (χ1n) is 4.48. The maximum absolute atomic E-state index is 13.1. The minimum absolute atomic E-state index is 0.332. The zero-order valence-corrected chi connectivity index (χ0v) is 8.06. The molecule has 0 atom stereocenters. The van der Waals surface area contributed by atoms with Crippen molar-refractivity contribution in [2.24, 2.45) is 5.73 Å². The molecule has 0 aliphatic rings. The van der Waals surface area contributed by atoms with Crippen molar-refractivity contribution in [2.45, 2.75) is 13.3 Å². The molecule has 0 radical (unpaired) electrons. The first kappa shape index (κ1) is 10.9. The zero-order chi connectivity index (χ0) is 10.6. The molecule has 3 heteroatoms. The van der Waals surface area contributed by atoms with E-state index in [9.17, 15) is 8.78 Å². The lowest BCUT2D eigenvalue weighted by Gasteiger charge is -2.02. The highest BCUT2D eigenvalue weighted by molar-refractivity contribution is 5.53. The average molecular weight is 197 g/mol. The van der Waals surface area contributed by atoms with Gasteiger partial charge >= 0.3 is 0 Å². The summed E-state index contributed by atoms with van der Waals surface area (Å²) >= 11 is 0. The van der Waals surface area contributed by atoms with Crippen LogP contribution in [0.5, 0.6) is 0 Å². The molecule has 0 unspecified atom stereocenters. The fourth-order valence-electron chi connectivity index (χ4n) is 1.15. The molecule has 0 saturated carbocycles. The van der Waals surface area contributed by atoms with Gasteiger partial charge in [-0.05, 0) is 37.1 Å². The molecule has 0 fully saturated rings. The van der Waals surface area contributed by atoms with E-state index < -0.39 is 11.6 Å². The van der Waals surface area contributed by atoms with Crippen molar-refractivity contribution in [3.63, 3.8) is 0 Å². The molecule has 1 aromatic carbocycles.